The minimum absolute atomic E-state index is 0.0662. The molecular formula is C22H23N3O2. The molecule has 0 unspecified atom stereocenters. The second-order valence-corrected chi connectivity index (χ2v) is 7.07. The van der Waals surface area contributed by atoms with Crippen LogP contribution in [0, 0.1) is 0 Å². The van der Waals surface area contributed by atoms with Gasteiger partial charge in [-0.1, -0.05) is 36.4 Å². The summed E-state index contributed by atoms with van der Waals surface area (Å²) >= 11 is 0. The highest BCUT2D eigenvalue weighted by Crippen LogP contribution is 2.21. The number of aryl methyl sites for hydroxylation is 1. The van der Waals surface area contributed by atoms with E-state index in [1.807, 2.05) is 59.5 Å². The van der Waals surface area contributed by atoms with E-state index in [0.29, 0.717) is 12.1 Å². The van der Waals surface area contributed by atoms with Gasteiger partial charge in [0.15, 0.2) is 0 Å². The topological polar surface area (TPSA) is 54.3 Å². The summed E-state index contributed by atoms with van der Waals surface area (Å²) in [5.74, 6) is -0.0662. The number of hydrogen-bond donors (Lipinski definition) is 1. The normalized spacial score (nSPS) is 17.1. The van der Waals surface area contributed by atoms with Gasteiger partial charge in [-0.05, 0) is 31.0 Å². The molecule has 2 heterocycles. The minimum atomic E-state index is -0.159. The molecule has 0 saturated carbocycles. The van der Waals surface area contributed by atoms with Crippen molar-refractivity contribution in [1.29, 1.82) is 0 Å². The highest BCUT2D eigenvalue weighted by atomic mass is 16.2. The van der Waals surface area contributed by atoms with Gasteiger partial charge < -0.3 is 14.8 Å². The number of carbonyl (C=O) groups is 1. The van der Waals surface area contributed by atoms with Crippen molar-refractivity contribution in [2.45, 2.75) is 18.9 Å². The predicted octanol–water partition coefficient (Wildman–Crippen LogP) is 3.26. The number of anilines is 1. The summed E-state index contributed by atoms with van der Waals surface area (Å²) in [6.45, 7) is 1.35. The van der Waals surface area contributed by atoms with Gasteiger partial charge in [-0.3, -0.25) is 9.59 Å². The maximum atomic E-state index is 13.2. The molecule has 27 heavy (non-hydrogen) atoms. The fraction of sp³-hybridized carbons (Fsp3) is 0.273. The van der Waals surface area contributed by atoms with Crippen LogP contribution in [-0.4, -0.2) is 34.5 Å². The Morgan fingerprint density at radius 1 is 1.07 bits per heavy atom. The molecule has 1 aliphatic heterocycles. The van der Waals surface area contributed by atoms with Crippen LogP contribution in [0.15, 0.2) is 65.5 Å². The van der Waals surface area contributed by atoms with Crippen molar-refractivity contribution in [2.24, 2.45) is 7.05 Å². The van der Waals surface area contributed by atoms with Crippen LogP contribution in [0.25, 0.3) is 10.9 Å². The first-order valence-electron chi connectivity index (χ1n) is 9.33. The maximum absolute atomic E-state index is 13.2. The van der Waals surface area contributed by atoms with E-state index in [4.69, 9.17) is 0 Å². The van der Waals surface area contributed by atoms with E-state index in [9.17, 15) is 9.59 Å². The first kappa shape index (κ1) is 17.3. The van der Waals surface area contributed by atoms with Gasteiger partial charge in [-0.15, -0.1) is 0 Å². The standard InChI is InChI=1S/C22H23N3O2/c1-24-20-12-6-5-11-18(20)19(14-21(24)26)22(27)25-13-7-10-17(15-25)23-16-8-3-2-4-9-16/h2-6,8-9,11-12,14,17,23H,7,10,13,15H2,1H3/t17-/m0/s1. The molecule has 1 amide bonds. The number of nitrogens with one attached hydrogen (secondary N) is 1. The van der Waals surface area contributed by atoms with E-state index in [0.717, 1.165) is 36.0 Å². The smallest absolute Gasteiger partial charge is 0.254 e. The van der Waals surface area contributed by atoms with Gasteiger partial charge in [0.25, 0.3) is 11.5 Å². The molecule has 5 heteroatoms. The number of hydrogen-bond acceptors (Lipinski definition) is 3. The van der Waals surface area contributed by atoms with E-state index in [2.05, 4.69) is 5.32 Å². The molecule has 2 aromatic carbocycles. The highest BCUT2D eigenvalue weighted by Gasteiger charge is 2.26. The van der Waals surface area contributed by atoms with Gasteiger partial charge in [0.05, 0.1) is 11.1 Å². The van der Waals surface area contributed by atoms with Crippen molar-refractivity contribution in [3.05, 3.63) is 76.6 Å². The summed E-state index contributed by atoms with van der Waals surface area (Å²) in [6.07, 6.45) is 1.97. The molecule has 0 aliphatic carbocycles. The summed E-state index contributed by atoms with van der Waals surface area (Å²) in [5.41, 5.74) is 2.18. The van der Waals surface area contributed by atoms with E-state index >= 15 is 0 Å². The van der Waals surface area contributed by atoms with Crippen molar-refractivity contribution >= 4 is 22.5 Å². The van der Waals surface area contributed by atoms with Crippen LogP contribution < -0.4 is 10.9 Å². The number of nitrogens with zero attached hydrogens (tertiary/aromatic N) is 2. The average Bonchev–Trinajstić information content (AvgIpc) is 2.71. The molecule has 1 aliphatic rings. The molecule has 3 aromatic rings. The average molecular weight is 361 g/mol. The molecule has 5 nitrogen and oxygen atoms in total. The fourth-order valence-electron chi connectivity index (χ4n) is 3.81. The van der Waals surface area contributed by atoms with Crippen molar-refractivity contribution < 1.29 is 4.79 Å². The number of fused-ring (bicyclic) bond motifs is 1. The van der Waals surface area contributed by atoms with Gasteiger partial charge in [-0.25, -0.2) is 0 Å². The van der Waals surface area contributed by atoms with E-state index < -0.39 is 0 Å². The zero-order valence-electron chi connectivity index (χ0n) is 15.4. The second-order valence-electron chi connectivity index (χ2n) is 7.07. The van der Waals surface area contributed by atoms with Gasteiger partial charge in [-0.2, -0.15) is 0 Å². The van der Waals surface area contributed by atoms with Gasteiger partial charge in [0.1, 0.15) is 0 Å². The Balaban J connectivity index is 1.60. The van der Waals surface area contributed by atoms with Crippen LogP contribution in [0.5, 0.6) is 0 Å². The van der Waals surface area contributed by atoms with E-state index in [-0.39, 0.29) is 17.5 Å². The van der Waals surface area contributed by atoms with E-state index in [1.165, 1.54) is 6.07 Å². The van der Waals surface area contributed by atoms with Crippen molar-refractivity contribution in [2.75, 3.05) is 18.4 Å². The third kappa shape index (κ3) is 3.45. The number of para-hydroxylation sites is 2. The molecule has 4 rings (SSSR count). The monoisotopic (exact) mass is 361 g/mol. The summed E-state index contributed by atoms with van der Waals surface area (Å²) in [5, 5.41) is 4.34. The van der Waals surface area contributed by atoms with Gasteiger partial charge in [0.2, 0.25) is 0 Å². The van der Waals surface area contributed by atoms with Gasteiger partial charge >= 0.3 is 0 Å². The molecule has 0 spiro atoms. The first-order chi connectivity index (χ1) is 13.1. The lowest BCUT2D eigenvalue weighted by molar-refractivity contribution is 0.0716. The van der Waals surface area contributed by atoms with E-state index in [1.54, 1.807) is 11.6 Å². The number of benzene rings is 2. The Hall–Kier alpha value is -3.08. The molecule has 1 saturated heterocycles. The predicted molar refractivity (Wildman–Crippen MR) is 108 cm³/mol. The number of amides is 1. The Bertz CT molecular complexity index is 1030. The summed E-state index contributed by atoms with van der Waals surface area (Å²) in [6, 6.07) is 19.3. The Kier molecular flexibility index (Phi) is 4.67. The SMILES string of the molecule is Cn1c(=O)cc(C(=O)N2CCC[C@H](Nc3ccccc3)C2)c2ccccc21. The molecule has 1 N–H and O–H groups in total. The van der Waals surface area contributed by atoms with Crippen LogP contribution >= 0.6 is 0 Å². The summed E-state index contributed by atoms with van der Waals surface area (Å²) < 4.78 is 1.59. The first-order valence-corrected chi connectivity index (χ1v) is 9.33. The third-order valence-corrected chi connectivity index (χ3v) is 5.24. The Morgan fingerprint density at radius 2 is 1.81 bits per heavy atom. The number of likely N-dealkylation sites (tertiary alicyclic amines) is 1. The number of aromatic nitrogens is 1. The lowest BCUT2D eigenvalue weighted by atomic mass is 10.0. The van der Waals surface area contributed by atoms with Gasteiger partial charge in [0, 0.05) is 43.3 Å². The summed E-state index contributed by atoms with van der Waals surface area (Å²) in [4.78, 5) is 27.4. The number of rotatable bonds is 3. The second kappa shape index (κ2) is 7.27. The maximum Gasteiger partial charge on any atom is 0.254 e. The van der Waals surface area contributed by atoms with Crippen LogP contribution in [0.2, 0.25) is 0 Å². The molecule has 138 valence electrons. The van der Waals surface area contributed by atoms with Crippen molar-refractivity contribution in [3.63, 3.8) is 0 Å². The molecular weight excluding hydrogens is 338 g/mol. The lowest BCUT2D eigenvalue weighted by Gasteiger charge is -2.34. The van der Waals surface area contributed by atoms with Crippen LogP contribution in [0.3, 0.4) is 0 Å². The quantitative estimate of drug-likeness (QED) is 0.779. The van der Waals surface area contributed by atoms with Crippen LogP contribution in [0.1, 0.15) is 23.2 Å². The zero-order chi connectivity index (χ0) is 18.8. The fourth-order valence-corrected chi connectivity index (χ4v) is 3.81. The van der Waals surface area contributed by atoms with Crippen LogP contribution in [-0.2, 0) is 7.05 Å². The highest BCUT2D eigenvalue weighted by molar-refractivity contribution is 6.06. The largest absolute Gasteiger partial charge is 0.381 e. The number of carbonyl (C=O) groups excluding carboxylic acids is 1. The Morgan fingerprint density at radius 3 is 2.63 bits per heavy atom. The molecule has 1 aromatic heterocycles. The molecule has 1 atom stereocenters. The lowest BCUT2D eigenvalue weighted by Crippen LogP contribution is -2.45. The molecule has 0 bridgehead atoms. The zero-order valence-corrected chi connectivity index (χ0v) is 15.4. The number of pyridine rings is 1. The van der Waals surface area contributed by atoms with Crippen molar-refractivity contribution in [3.8, 4) is 0 Å². The number of piperidine rings is 1. The Labute approximate surface area is 158 Å². The van der Waals surface area contributed by atoms with Crippen molar-refractivity contribution in [1.82, 2.24) is 9.47 Å². The van der Waals surface area contributed by atoms with Crippen LogP contribution in [0.4, 0.5) is 5.69 Å². The minimum Gasteiger partial charge on any atom is -0.381 e. The molecule has 1 fully saturated rings. The third-order valence-electron chi connectivity index (χ3n) is 5.24. The molecule has 0 radical (unpaired) electrons. The summed E-state index contributed by atoms with van der Waals surface area (Å²) in [7, 11) is 1.74.